The Balaban J connectivity index is 1.92. The molecule has 2 aromatic carbocycles. The Hall–Kier alpha value is -3.50. The van der Waals surface area contributed by atoms with Crippen LogP contribution in [-0.4, -0.2) is 35.3 Å². The second-order valence-corrected chi connectivity index (χ2v) is 9.49. The first-order chi connectivity index (χ1) is 16.7. The SMILES string of the molecule is CCOC(=O)C1=C(C)N=c2s/c(=C\c3ccc(C(=O)O)cc3)c(=O)n2[C@H]1c1ccc(OC)c(Br)c1. The number of carbonyl (C=O) groups excluding carboxylic acids is 1. The van der Waals surface area contributed by atoms with Crippen molar-refractivity contribution in [2.45, 2.75) is 19.9 Å². The van der Waals surface area contributed by atoms with Crippen LogP contribution in [-0.2, 0) is 9.53 Å². The second-order valence-electron chi connectivity index (χ2n) is 7.62. The van der Waals surface area contributed by atoms with Gasteiger partial charge in [-0.2, -0.15) is 0 Å². The molecule has 0 aliphatic carbocycles. The molecule has 35 heavy (non-hydrogen) atoms. The summed E-state index contributed by atoms with van der Waals surface area (Å²) in [5, 5.41) is 9.12. The summed E-state index contributed by atoms with van der Waals surface area (Å²) in [6, 6.07) is 10.8. The van der Waals surface area contributed by atoms with Gasteiger partial charge in [0, 0.05) is 0 Å². The van der Waals surface area contributed by atoms with Crippen LogP contribution in [0.1, 0.15) is 41.4 Å². The molecule has 2 heterocycles. The predicted molar refractivity (Wildman–Crippen MR) is 134 cm³/mol. The third-order valence-corrected chi connectivity index (χ3v) is 7.07. The molecule has 4 rings (SSSR count). The summed E-state index contributed by atoms with van der Waals surface area (Å²) in [7, 11) is 1.56. The van der Waals surface area contributed by atoms with Crippen molar-refractivity contribution in [3.05, 3.63) is 94.6 Å². The molecule has 10 heteroatoms. The molecule has 1 aromatic heterocycles. The molecular formula is C25H21BrN2O6S. The number of esters is 1. The Kier molecular flexibility index (Phi) is 7.04. The lowest BCUT2D eigenvalue weighted by atomic mass is 9.96. The number of hydrogen-bond acceptors (Lipinski definition) is 7. The van der Waals surface area contributed by atoms with Crippen molar-refractivity contribution in [3.8, 4) is 5.75 Å². The summed E-state index contributed by atoms with van der Waals surface area (Å²) in [5.74, 6) is -0.947. The van der Waals surface area contributed by atoms with Gasteiger partial charge in [-0.05, 0) is 71.2 Å². The number of carboxylic acids is 1. The largest absolute Gasteiger partial charge is 0.496 e. The molecule has 3 aromatic rings. The van der Waals surface area contributed by atoms with Crippen LogP contribution >= 0.6 is 27.3 Å². The average Bonchev–Trinajstić information content (AvgIpc) is 3.12. The maximum Gasteiger partial charge on any atom is 0.338 e. The van der Waals surface area contributed by atoms with E-state index in [-0.39, 0.29) is 23.3 Å². The van der Waals surface area contributed by atoms with E-state index in [2.05, 4.69) is 20.9 Å². The van der Waals surface area contributed by atoms with Gasteiger partial charge in [0.15, 0.2) is 4.80 Å². The number of hydrogen-bond donors (Lipinski definition) is 1. The Morgan fingerprint density at radius 3 is 2.54 bits per heavy atom. The second kappa shape index (κ2) is 10.0. The van der Waals surface area contributed by atoms with E-state index in [4.69, 9.17) is 14.6 Å². The number of nitrogens with zero attached hydrogens (tertiary/aromatic N) is 2. The minimum Gasteiger partial charge on any atom is -0.496 e. The molecule has 0 saturated carbocycles. The van der Waals surface area contributed by atoms with E-state index < -0.39 is 18.0 Å². The Bertz CT molecular complexity index is 1540. The molecule has 0 fully saturated rings. The van der Waals surface area contributed by atoms with E-state index in [1.807, 2.05) is 6.07 Å². The first-order valence-corrected chi connectivity index (χ1v) is 12.2. The maximum absolute atomic E-state index is 13.6. The van der Waals surface area contributed by atoms with Gasteiger partial charge in [0.05, 0.1) is 45.6 Å². The summed E-state index contributed by atoms with van der Waals surface area (Å²) in [6.07, 6.45) is 1.68. The summed E-state index contributed by atoms with van der Waals surface area (Å²) < 4.78 is 13.2. The summed E-state index contributed by atoms with van der Waals surface area (Å²) in [6.45, 7) is 3.63. The zero-order valence-electron chi connectivity index (χ0n) is 19.1. The van der Waals surface area contributed by atoms with Gasteiger partial charge in [-0.15, -0.1) is 0 Å². The lowest BCUT2D eigenvalue weighted by molar-refractivity contribution is -0.139. The van der Waals surface area contributed by atoms with E-state index in [1.165, 1.54) is 28.0 Å². The van der Waals surface area contributed by atoms with Crippen LogP contribution in [0.2, 0.25) is 0 Å². The highest BCUT2D eigenvalue weighted by molar-refractivity contribution is 9.10. The predicted octanol–water partition coefficient (Wildman–Crippen LogP) is 3.27. The van der Waals surface area contributed by atoms with Gasteiger partial charge >= 0.3 is 11.9 Å². The first kappa shape index (κ1) is 24.6. The molecule has 1 aliphatic rings. The minimum atomic E-state index is -1.02. The fourth-order valence-electron chi connectivity index (χ4n) is 3.83. The van der Waals surface area contributed by atoms with E-state index in [9.17, 15) is 14.4 Å². The van der Waals surface area contributed by atoms with Gasteiger partial charge in [-0.25, -0.2) is 14.6 Å². The number of methoxy groups -OCH3 is 1. The fourth-order valence-corrected chi connectivity index (χ4v) is 5.44. The van der Waals surface area contributed by atoms with Crippen molar-refractivity contribution < 1.29 is 24.2 Å². The van der Waals surface area contributed by atoms with E-state index in [0.717, 1.165) is 0 Å². The van der Waals surface area contributed by atoms with Crippen LogP contribution in [0.4, 0.5) is 0 Å². The quantitative estimate of drug-likeness (QED) is 0.467. The molecule has 1 N–H and O–H groups in total. The highest BCUT2D eigenvalue weighted by Crippen LogP contribution is 2.34. The van der Waals surface area contributed by atoms with Crippen LogP contribution in [0.25, 0.3) is 6.08 Å². The van der Waals surface area contributed by atoms with E-state index >= 15 is 0 Å². The molecule has 0 saturated heterocycles. The molecule has 1 aliphatic heterocycles. The lowest BCUT2D eigenvalue weighted by Crippen LogP contribution is -2.39. The van der Waals surface area contributed by atoms with Gasteiger partial charge in [0.1, 0.15) is 5.75 Å². The minimum absolute atomic E-state index is 0.156. The third kappa shape index (κ3) is 4.71. The topological polar surface area (TPSA) is 107 Å². The van der Waals surface area contributed by atoms with Gasteiger partial charge in [-0.3, -0.25) is 9.36 Å². The molecule has 0 bridgehead atoms. The standard InChI is InChI=1S/C25H21BrN2O6S/c1-4-34-24(32)20-13(2)27-25-28(21(20)16-9-10-18(33-3)17(26)12-16)22(29)19(35-25)11-14-5-7-15(8-6-14)23(30)31/h5-12,21H,4H2,1-3H3,(H,30,31)/b19-11-/t21-/m0/s1. The van der Waals surface area contributed by atoms with Crippen molar-refractivity contribution >= 4 is 45.3 Å². The van der Waals surface area contributed by atoms with Crippen LogP contribution < -0.4 is 19.6 Å². The summed E-state index contributed by atoms with van der Waals surface area (Å²) in [4.78, 5) is 42.7. The number of carboxylic acid groups (broad SMARTS) is 1. The van der Waals surface area contributed by atoms with Crippen molar-refractivity contribution in [2.75, 3.05) is 13.7 Å². The molecule has 0 unspecified atom stereocenters. The Labute approximate surface area is 212 Å². The normalized spacial score (nSPS) is 15.4. The molecule has 0 amide bonds. The smallest absolute Gasteiger partial charge is 0.338 e. The highest BCUT2D eigenvalue weighted by Gasteiger charge is 2.33. The van der Waals surface area contributed by atoms with Crippen molar-refractivity contribution in [1.29, 1.82) is 0 Å². The van der Waals surface area contributed by atoms with Crippen LogP contribution in [0, 0.1) is 0 Å². The summed E-state index contributed by atoms with van der Waals surface area (Å²) >= 11 is 4.68. The molecule has 180 valence electrons. The molecule has 1 atom stereocenters. The van der Waals surface area contributed by atoms with Gasteiger partial charge in [0.25, 0.3) is 5.56 Å². The van der Waals surface area contributed by atoms with Crippen LogP contribution in [0.5, 0.6) is 5.75 Å². The fraction of sp³-hybridized carbons (Fsp3) is 0.200. The highest BCUT2D eigenvalue weighted by atomic mass is 79.9. The number of rotatable bonds is 6. The number of halogens is 1. The van der Waals surface area contributed by atoms with E-state index in [0.29, 0.717) is 36.4 Å². The zero-order chi connectivity index (χ0) is 25.3. The zero-order valence-corrected chi connectivity index (χ0v) is 21.5. The average molecular weight is 557 g/mol. The monoisotopic (exact) mass is 556 g/mol. The van der Waals surface area contributed by atoms with Crippen LogP contribution in [0.3, 0.4) is 0 Å². The number of aromatic nitrogens is 1. The van der Waals surface area contributed by atoms with E-state index in [1.54, 1.807) is 51.3 Å². The Morgan fingerprint density at radius 2 is 1.94 bits per heavy atom. The molecular weight excluding hydrogens is 536 g/mol. The first-order valence-electron chi connectivity index (χ1n) is 10.6. The van der Waals surface area contributed by atoms with Crippen molar-refractivity contribution in [3.63, 3.8) is 0 Å². The molecule has 0 spiro atoms. The van der Waals surface area contributed by atoms with Crippen molar-refractivity contribution in [2.24, 2.45) is 4.99 Å². The van der Waals surface area contributed by atoms with Gasteiger partial charge in [0.2, 0.25) is 0 Å². The third-order valence-electron chi connectivity index (χ3n) is 5.46. The maximum atomic E-state index is 13.6. The number of ether oxygens (including phenoxy) is 2. The summed E-state index contributed by atoms with van der Waals surface area (Å²) in [5.41, 5.74) is 1.96. The number of benzene rings is 2. The number of aromatic carboxylic acids is 1. The lowest BCUT2D eigenvalue weighted by Gasteiger charge is -2.25. The molecule has 0 radical (unpaired) electrons. The van der Waals surface area contributed by atoms with Crippen LogP contribution in [0.15, 0.2) is 68.0 Å². The number of fused-ring (bicyclic) bond motifs is 1. The van der Waals surface area contributed by atoms with Gasteiger partial charge in [-0.1, -0.05) is 29.5 Å². The Morgan fingerprint density at radius 1 is 1.23 bits per heavy atom. The van der Waals surface area contributed by atoms with Crippen molar-refractivity contribution in [1.82, 2.24) is 4.57 Å². The number of allylic oxidation sites excluding steroid dienone is 1. The van der Waals surface area contributed by atoms with Gasteiger partial charge < -0.3 is 14.6 Å². The molecule has 8 nitrogen and oxygen atoms in total. The number of thiazole rings is 1. The number of carbonyl (C=O) groups is 2.